The van der Waals surface area contributed by atoms with Crippen LogP contribution in [0.2, 0.25) is 0 Å². The number of aliphatic imine (C=N–C) groups is 1. The summed E-state index contributed by atoms with van der Waals surface area (Å²) in [5, 5.41) is 8.51. The van der Waals surface area contributed by atoms with Crippen molar-refractivity contribution in [3.05, 3.63) is 51.7 Å². The Morgan fingerprint density at radius 1 is 1.29 bits per heavy atom. The Bertz CT molecular complexity index is 673. The standard InChI is InChI=1S/C17H21F2N3OS/c1-3-20-17(22-11-15-12(2)7-8-24-15)21-10-13-5-4-6-14(9-13)23-16(18)19/h4-9,16H,3,10-11H2,1-2H3,(H2,20,21,22). The maximum atomic E-state index is 12.3. The number of alkyl halides is 2. The molecule has 2 aromatic rings. The molecule has 0 aliphatic carbocycles. The van der Waals surface area contributed by atoms with Crippen LogP contribution in [0.3, 0.4) is 0 Å². The van der Waals surface area contributed by atoms with Crippen molar-refractivity contribution < 1.29 is 13.5 Å². The van der Waals surface area contributed by atoms with Crippen molar-refractivity contribution in [2.24, 2.45) is 4.99 Å². The SMILES string of the molecule is CCNC(=NCc1cccc(OC(F)F)c1)NCc1sccc1C. The fraction of sp³-hybridized carbons (Fsp3) is 0.353. The first-order valence-electron chi connectivity index (χ1n) is 7.67. The molecule has 0 aliphatic rings. The third-order valence-electron chi connectivity index (χ3n) is 3.27. The van der Waals surface area contributed by atoms with E-state index in [1.165, 1.54) is 16.5 Å². The quantitative estimate of drug-likeness (QED) is 0.586. The van der Waals surface area contributed by atoms with Crippen LogP contribution in [0.25, 0.3) is 0 Å². The minimum Gasteiger partial charge on any atom is -0.435 e. The summed E-state index contributed by atoms with van der Waals surface area (Å²) in [4.78, 5) is 5.75. The van der Waals surface area contributed by atoms with Crippen LogP contribution in [-0.2, 0) is 13.1 Å². The Labute approximate surface area is 144 Å². The van der Waals surface area contributed by atoms with Crippen molar-refractivity contribution in [1.82, 2.24) is 10.6 Å². The second-order valence-electron chi connectivity index (χ2n) is 5.10. The molecule has 1 aromatic carbocycles. The molecule has 7 heteroatoms. The van der Waals surface area contributed by atoms with Gasteiger partial charge in [0.25, 0.3) is 0 Å². The van der Waals surface area contributed by atoms with Crippen molar-refractivity contribution in [3.63, 3.8) is 0 Å². The van der Waals surface area contributed by atoms with Crippen LogP contribution in [0.4, 0.5) is 8.78 Å². The van der Waals surface area contributed by atoms with E-state index >= 15 is 0 Å². The Hall–Kier alpha value is -2.15. The van der Waals surface area contributed by atoms with Gasteiger partial charge in [-0.1, -0.05) is 12.1 Å². The molecule has 1 heterocycles. The Balaban J connectivity index is 1.98. The molecule has 0 spiro atoms. The molecule has 0 amide bonds. The summed E-state index contributed by atoms with van der Waals surface area (Å²) in [5.74, 6) is 0.829. The maximum absolute atomic E-state index is 12.3. The van der Waals surface area contributed by atoms with Gasteiger partial charge in [-0.15, -0.1) is 11.3 Å². The van der Waals surface area contributed by atoms with Gasteiger partial charge < -0.3 is 15.4 Å². The topological polar surface area (TPSA) is 45.7 Å². The Morgan fingerprint density at radius 2 is 2.12 bits per heavy atom. The van der Waals surface area contributed by atoms with E-state index < -0.39 is 6.61 Å². The van der Waals surface area contributed by atoms with Crippen LogP contribution >= 0.6 is 11.3 Å². The fourth-order valence-electron chi connectivity index (χ4n) is 2.08. The summed E-state index contributed by atoms with van der Waals surface area (Å²) in [6.07, 6.45) is 0. The number of hydrogen-bond donors (Lipinski definition) is 2. The lowest BCUT2D eigenvalue weighted by Gasteiger charge is -2.11. The van der Waals surface area contributed by atoms with Gasteiger partial charge in [-0.3, -0.25) is 0 Å². The predicted octanol–water partition coefficient (Wildman–Crippen LogP) is 3.91. The number of hydrogen-bond acceptors (Lipinski definition) is 3. The van der Waals surface area contributed by atoms with Gasteiger partial charge in [0.1, 0.15) is 5.75 Å². The summed E-state index contributed by atoms with van der Waals surface area (Å²) in [7, 11) is 0. The molecule has 24 heavy (non-hydrogen) atoms. The lowest BCUT2D eigenvalue weighted by atomic mass is 10.2. The van der Waals surface area contributed by atoms with E-state index in [2.05, 4.69) is 38.7 Å². The van der Waals surface area contributed by atoms with Gasteiger partial charge in [-0.05, 0) is 48.6 Å². The Morgan fingerprint density at radius 3 is 2.79 bits per heavy atom. The van der Waals surface area contributed by atoms with E-state index in [4.69, 9.17) is 0 Å². The first-order valence-corrected chi connectivity index (χ1v) is 8.55. The summed E-state index contributed by atoms with van der Waals surface area (Å²) in [6.45, 7) is 3.06. The van der Waals surface area contributed by atoms with Crippen LogP contribution in [0, 0.1) is 6.92 Å². The van der Waals surface area contributed by atoms with Gasteiger partial charge in [-0.2, -0.15) is 8.78 Å². The van der Waals surface area contributed by atoms with E-state index in [1.807, 2.05) is 13.0 Å². The minimum atomic E-state index is -2.82. The van der Waals surface area contributed by atoms with Crippen LogP contribution in [-0.4, -0.2) is 19.1 Å². The van der Waals surface area contributed by atoms with Crippen molar-refractivity contribution in [2.75, 3.05) is 6.54 Å². The molecule has 0 saturated carbocycles. The molecule has 0 radical (unpaired) electrons. The third kappa shape index (κ3) is 5.81. The highest BCUT2D eigenvalue weighted by Gasteiger charge is 2.05. The highest BCUT2D eigenvalue weighted by atomic mass is 32.1. The molecule has 0 aliphatic heterocycles. The number of nitrogens with zero attached hydrogens (tertiary/aromatic N) is 1. The fourth-order valence-corrected chi connectivity index (χ4v) is 2.93. The molecule has 0 bridgehead atoms. The molecule has 0 fully saturated rings. The van der Waals surface area contributed by atoms with Crippen molar-refractivity contribution >= 4 is 17.3 Å². The lowest BCUT2D eigenvalue weighted by Crippen LogP contribution is -2.36. The number of benzene rings is 1. The zero-order valence-electron chi connectivity index (χ0n) is 13.7. The summed E-state index contributed by atoms with van der Waals surface area (Å²) < 4.78 is 28.9. The molecule has 1 aromatic heterocycles. The van der Waals surface area contributed by atoms with Gasteiger partial charge in [-0.25, -0.2) is 4.99 Å². The van der Waals surface area contributed by atoms with Crippen LogP contribution in [0.5, 0.6) is 5.75 Å². The first kappa shape index (κ1) is 18.2. The van der Waals surface area contributed by atoms with E-state index in [-0.39, 0.29) is 5.75 Å². The number of aryl methyl sites for hydroxylation is 1. The van der Waals surface area contributed by atoms with E-state index in [9.17, 15) is 8.78 Å². The van der Waals surface area contributed by atoms with Gasteiger partial charge >= 0.3 is 6.61 Å². The third-order valence-corrected chi connectivity index (χ3v) is 4.30. The molecular weight excluding hydrogens is 332 g/mol. The number of rotatable bonds is 7. The molecule has 4 nitrogen and oxygen atoms in total. The Kier molecular flexibility index (Phi) is 6.99. The van der Waals surface area contributed by atoms with Crippen molar-refractivity contribution in [1.29, 1.82) is 0 Å². The van der Waals surface area contributed by atoms with Gasteiger partial charge in [0.05, 0.1) is 13.1 Å². The molecule has 0 atom stereocenters. The summed E-state index contributed by atoms with van der Waals surface area (Å²) >= 11 is 1.70. The largest absolute Gasteiger partial charge is 0.435 e. The van der Waals surface area contributed by atoms with Crippen molar-refractivity contribution in [3.8, 4) is 5.75 Å². The molecule has 0 saturated heterocycles. The average Bonchev–Trinajstić information content (AvgIpc) is 2.95. The highest BCUT2D eigenvalue weighted by Crippen LogP contribution is 2.17. The van der Waals surface area contributed by atoms with Gasteiger partial charge in [0.2, 0.25) is 0 Å². The second kappa shape index (κ2) is 9.22. The highest BCUT2D eigenvalue weighted by molar-refractivity contribution is 7.10. The van der Waals surface area contributed by atoms with Gasteiger partial charge in [0.15, 0.2) is 5.96 Å². The normalized spacial score (nSPS) is 11.6. The molecule has 2 N–H and O–H groups in total. The zero-order valence-corrected chi connectivity index (χ0v) is 14.5. The molecular formula is C17H21F2N3OS. The zero-order chi connectivity index (χ0) is 17.4. The number of halogens is 2. The number of thiophene rings is 1. The van der Waals surface area contributed by atoms with E-state index in [1.54, 1.807) is 23.5 Å². The predicted molar refractivity (Wildman–Crippen MR) is 93.8 cm³/mol. The van der Waals surface area contributed by atoms with Crippen LogP contribution in [0.15, 0.2) is 40.7 Å². The maximum Gasteiger partial charge on any atom is 0.387 e. The van der Waals surface area contributed by atoms with Gasteiger partial charge in [0, 0.05) is 11.4 Å². The summed E-state index contributed by atoms with van der Waals surface area (Å²) in [5.41, 5.74) is 2.05. The average molecular weight is 353 g/mol. The number of nitrogens with one attached hydrogen (secondary N) is 2. The monoisotopic (exact) mass is 353 g/mol. The molecule has 130 valence electrons. The van der Waals surface area contributed by atoms with Crippen LogP contribution < -0.4 is 15.4 Å². The summed E-state index contributed by atoms with van der Waals surface area (Å²) in [6, 6.07) is 8.66. The second-order valence-corrected chi connectivity index (χ2v) is 6.10. The van der Waals surface area contributed by atoms with E-state index in [0.29, 0.717) is 19.0 Å². The number of ether oxygens (including phenoxy) is 1. The minimum absolute atomic E-state index is 0.143. The van der Waals surface area contributed by atoms with E-state index in [0.717, 1.165) is 12.1 Å². The molecule has 2 rings (SSSR count). The smallest absolute Gasteiger partial charge is 0.387 e. The first-order chi connectivity index (χ1) is 11.6. The lowest BCUT2D eigenvalue weighted by molar-refractivity contribution is -0.0498. The number of guanidine groups is 1. The molecule has 0 unspecified atom stereocenters. The van der Waals surface area contributed by atoms with Crippen LogP contribution in [0.1, 0.15) is 22.9 Å². The van der Waals surface area contributed by atoms with Crippen molar-refractivity contribution in [2.45, 2.75) is 33.5 Å².